The second-order valence-corrected chi connectivity index (χ2v) is 5.20. The fourth-order valence-corrected chi connectivity index (χ4v) is 3.05. The van der Waals surface area contributed by atoms with Crippen LogP contribution in [0.4, 0.5) is 0 Å². The Morgan fingerprint density at radius 1 is 1.05 bits per heavy atom. The summed E-state index contributed by atoms with van der Waals surface area (Å²) in [5, 5.41) is 0. The summed E-state index contributed by atoms with van der Waals surface area (Å²) in [6.07, 6.45) is 1.65. The van der Waals surface area contributed by atoms with Crippen LogP contribution < -0.4 is 0 Å². The van der Waals surface area contributed by atoms with E-state index in [0.717, 1.165) is 5.56 Å². The van der Waals surface area contributed by atoms with Gasteiger partial charge in [-0.15, -0.1) is 0 Å². The molecule has 1 aromatic carbocycles. The molecule has 4 rings (SSSR count). The molecular weight excluding hydrogens is 264 g/mol. The maximum Gasteiger partial charge on any atom is 0.261 e. The number of ketones is 1. The third-order valence-corrected chi connectivity index (χ3v) is 4.03. The van der Waals surface area contributed by atoms with E-state index in [2.05, 4.69) is 4.98 Å². The largest absolute Gasteiger partial charge is 0.295 e. The Kier molecular flexibility index (Phi) is 2.36. The van der Waals surface area contributed by atoms with Crippen LogP contribution in [0.25, 0.3) is 11.3 Å². The molecule has 0 saturated carbocycles. The number of benzene rings is 1. The predicted molar refractivity (Wildman–Crippen MR) is 78.1 cm³/mol. The van der Waals surface area contributed by atoms with Crippen LogP contribution >= 0.6 is 0 Å². The Hall–Kier alpha value is -2.75. The van der Waals surface area contributed by atoms with Gasteiger partial charge in [-0.3, -0.25) is 19.5 Å². The van der Waals surface area contributed by atoms with Gasteiger partial charge in [0, 0.05) is 6.20 Å². The molecule has 0 aliphatic carbocycles. The van der Waals surface area contributed by atoms with E-state index < -0.39 is 6.04 Å². The van der Waals surface area contributed by atoms with Crippen molar-refractivity contribution in [2.75, 3.05) is 0 Å². The number of rotatable bonds is 1. The summed E-state index contributed by atoms with van der Waals surface area (Å²) in [6.45, 7) is 1.77. The molecule has 102 valence electrons. The molecule has 0 radical (unpaired) electrons. The zero-order chi connectivity index (χ0) is 14.6. The third kappa shape index (κ3) is 1.47. The lowest BCUT2D eigenvalue weighted by Crippen LogP contribution is -2.33. The summed E-state index contributed by atoms with van der Waals surface area (Å²) < 4.78 is 0. The van der Waals surface area contributed by atoms with Crippen LogP contribution in [0.2, 0.25) is 0 Å². The molecular formula is C17H12N2O2. The molecule has 4 nitrogen and oxygen atoms in total. The van der Waals surface area contributed by atoms with Crippen molar-refractivity contribution < 1.29 is 9.59 Å². The van der Waals surface area contributed by atoms with Crippen molar-refractivity contribution in [3.05, 3.63) is 65.5 Å². The lowest BCUT2D eigenvalue weighted by molar-refractivity contribution is -0.115. The first-order valence-corrected chi connectivity index (χ1v) is 6.83. The summed E-state index contributed by atoms with van der Waals surface area (Å²) in [7, 11) is 0. The van der Waals surface area contributed by atoms with E-state index in [1.165, 1.54) is 0 Å². The fraction of sp³-hybridized carbons (Fsp3) is 0.118. The second kappa shape index (κ2) is 4.12. The minimum absolute atomic E-state index is 0.0270. The monoisotopic (exact) mass is 276 g/mol. The maximum absolute atomic E-state index is 12.6. The summed E-state index contributed by atoms with van der Waals surface area (Å²) in [5.74, 6) is -0.166. The van der Waals surface area contributed by atoms with Gasteiger partial charge in [0.2, 0.25) is 0 Å². The van der Waals surface area contributed by atoms with Crippen LogP contribution in [-0.2, 0) is 4.79 Å². The zero-order valence-corrected chi connectivity index (χ0v) is 11.4. The first-order valence-electron chi connectivity index (χ1n) is 6.83. The standard InChI is InChI=1S/C17H12N2O2/c1-10-16(20)13(11-6-3-2-4-7-11)15-14-12(8-5-9-18-14)17(21)19(10)15/h2-10H,1H3/t10-/m0/s1. The zero-order valence-electron chi connectivity index (χ0n) is 11.4. The van der Waals surface area contributed by atoms with E-state index in [0.29, 0.717) is 22.5 Å². The topological polar surface area (TPSA) is 50.3 Å². The number of Topliss-reactive ketones (excluding diaryl/α,β-unsaturated/α-hetero) is 1. The molecule has 1 aromatic heterocycles. The highest BCUT2D eigenvalue weighted by atomic mass is 16.2. The van der Waals surface area contributed by atoms with Gasteiger partial charge >= 0.3 is 0 Å². The molecule has 2 aliphatic heterocycles. The number of nitrogens with zero attached hydrogens (tertiary/aromatic N) is 2. The van der Waals surface area contributed by atoms with Gasteiger partial charge in [-0.2, -0.15) is 0 Å². The van der Waals surface area contributed by atoms with E-state index in [4.69, 9.17) is 0 Å². The number of carbonyl (C=O) groups is 2. The van der Waals surface area contributed by atoms with Gasteiger partial charge in [-0.1, -0.05) is 30.3 Å². The van der Waals surface area contributed by atoms with Crippen molar-refractivity contribution in [1.82, 2.24) is 9.88 Å². The molecule has 0 bridgehead atoms. The minimum Gasteiger partial charge on any atom is -0.295 e. The normalized spacial score (nSPS) is 20.0. The Balaban J connectivity index is 2.05. The smallest absolute Gasteiger partial charge is 0.261 e. The first kappa shape index (κ1) is 12.0. The number of pyridine rings is 1. The van der Waals surface area contributed by atoms with Gasteiger partial charge in [0.15, 0.2) is 5.78 Å². The molecule has 1 atom stereocenters. The van der Waals surface area contributed by atoms with Crippen LogP contribution in [0.1, 0.15) is 28.5 Å². The van der Waals surface area contributed by atoms with E-state index in [9.17, 15) is 9.59 Å². The Morgan fingerprint density at radius 2 is 1.81 bits per heavy atom. The molecule has 21 heavy (non-hydrogen) atoms. The van der Waals surface area contributed by atoms with Gasteiger partial charge in [-0.05, 0) is 24.6 Å². The number of aromatic nitrogens is 1. The predicted octanol–water partition coefficient (Wildman–Crippen LogP) is 2.38. The van der Waals surface area contributed by atoms with E-state index in [1.807, 2.05) is 30.3 Å². The van der Waals surface area contributed by atoms with Crippen LogP contribution in [0.3, 0.4) is 0 Å². The molecule has 4 heteroatoms. The van der Waals surface area contributed by atoms with Crippen molar-refractivity contribution in [1.29, 1.82) is 0 Å². The maximum atomic E-state index is 12.6. The van der Waals surface area contributed by atoms with Crippen molar-refractivity contribution in [3.63, 3.8) is 0 Å². The van der Waals surface area contributed by atoms with E-state index >= 15 is 0 Å². The van der Waals surface area contributed by atoms with Crippen LogP contribution in [0.15, 0.2) is 48.7 Å². The van der Waals surface area contributed by atoms with Crippen molar-refractivity contribution in [2.45, 2.75) is 13.0 Å². The quantitative estimate of drug-likeness (QED) is 0.803. The lowest BCUT2D eigenvalue weighted by Gasteiger charge is -2.16. The highest BCUT2D eigenvalue weighted by Crippen LogP contribution is 2.44. The number of hydrogen-bond donors (Lipinski definition) is 0. The molecule has 0 fully saturated rings. The summed E-state index contributed by atoms with van der Waals surface area (Å²) in [4.78, 5) is 31.0. The molecule has 2 aliphatic rings. The molecule has 0 N–H and O–H groups in total. The first-order chi connectivity index (χ1) is 10.2. The lowest BCUT2D eigenvalue weighted by atomic mass is 9.98. The SMILES string of the molecule is C[C@H]1C(=O)C(c2ccccc2)=C2c3ncccc3C(=O)N21. The van der Waals surface area contributed by atoms with Crippen molar-refractivity contribution in [3.8, 4) is 0 Å². The van der Waals surface area contributed by atoms with Crippen LogP contribution in [0.5, 0.6) is 0 Å². The van der Waals surface area contributed by atoms with Gasteiger partial charge in [0.25, 0.3) is 5.91 Å². The van der Waals surface area contributed by atoms with Gasteiger partial charge in [0.05, 0.1) is 22.9 Å². The molecule has 0 spiro atoms. The average molecular weight is 276 g/mol. The third-order valence-electron chi connectivity index (χ3n) is 4.03. The fourth-order valence-electron chi connectivity index (χ4n) is 3.05. The van der Waals surface area contributed by atoms with Gasteiger partial charge in [0.1, 0.15) is 5.69 Å². The molecule has 1 amide bonds. The highest BCUT2D eigenvalue weighted by molar-refractivity contribution is 6.37. The highest BCUT2D eigenvalue weighted by Gasteiger charge is 2.47. The number of fused-ring (bicyclic) bond motifs is 3. The van der Waals surface area contributed by atoms with Crippen molar-refractivity contribution in [2.24, 2.45) is 0 Å². The molecule has 0 unspecified atom stereocenters. The Bertz CT molecular complexity index is 809. The molecule has 3 heterocycles. The number of hydrogen-bond acceptors (Lipinski definition) is 3. The summed E-state index contributed by atoms with van der Waals surface area (Å²) in [5.41, 5.74) is 3.26. The Morgan fingerprint density at radius 3 is 2.57 bits per heavy atom. The minimum atomic E-state index is -0.475. The number of amides is 1. The van der Waals surface area contributed by atoms with Crippen LogP contribution in [0, 0.1) is 0 Å². The van der Waals surface area contributed by atoms with Gasteiger partial charge in [-0.25, -0.2) is 0 Å². The van der Waals surface area contributed by atoms with Gasteiger partial charge < -0.3 is 0 Å². The van der Waals surface area contributed by atoms with Crippen LogP contribution in [-0.4, -0.2) is 27.6 Å². The second-order valence-electron chi connectivity index (χ2n) is 5.20. The van der Waals surface area contributed by atoms with E-state index in [-0.39, 0.29) is 11.7 Å². The molecule has 0 saturated heterocycles. The number of carbonyl (C=O) groups excluding carboxylic acids is 2. The summed E-state index contributed by atoms with van der Waals surface area (Å²) >= 11 is 0. The summed E-state index contributed by atoms with van der Waals surface area (Å²) in [6, 6.07) is 12.5. The average Bonchev–Trinajstić information content (AvgIpc) is 2.95. The molecule has 2 aromatic rings. The Labute approximate surface area is 121 Å². The van der Waals surface area contributed by atoms with Crippen molar-refractivity contribution >= 4 is 23.0 Å². The van der Waals surface area contributed by atoms with E-state index in [1.54, 1.807) is 30.2 Å².